The molecule has 1 aromatic carbocycles. The van der Waals surface area contributed by atoms with E-state index in [-0.39, 0.29) is 8.61 Å². The van der Waals surface area contributed by atoms with Gasteiger partial charge >= 0.3 is 0 Å². The summed E-state index contributed by atoms with van der Waals surface area (Å²) in [5, 5.41) is 0. The largest absolute Gasteiger partial charge is 0.382 e. The topological polar surface area (TPSA) is 121 Å². The minimum Gasteiger partial charge on any atom is -0.382 e. The van der Waals surface area contributed by atoms with Crippen molar-refractivity contribution in [3.8, 4) is 11.5 Å². The number of imidazole rings is 1. The molecule has 0 spiro atoms. The summed E-state index contributed by atoms with van der Waals surface area (Å²) in [5.74, 6) is 1.64. The van der Waals surface area contributed by atoms with Crippen LogP contribution < -0.4 is 10.6 Å². The number of benzene rings is 1. The second-order valence-electron chi connectivity index (χ2n) is 6.35. The number of H-pyrrole nitrogens is 1. The number of nitrogens with zero attached hydrogens (tertiary/aromatic N) is 5. The van der Waals surface area contributed by atoms with Crippen molar-refractivity contribution < 1.29 is 11.3 Å². The van der Waals surface area contributed by atoms with Gasteiger partial charge in [-0.3, -0.25) is 0 Å². The monoisotopic (exact) mass is 391 g/mol. The fourth-order valence-electron chi connectivity index (χ4n) is 3.16. The zero-order valence-electron chi connectivity index (χ0n) is 15.0. The number of piperazine rings is 1. The van der Waals surface area contributed by atoms with Gasteiger partial charge < -0.3 is 15.6 Å². The molecule has 1 aliphatic heterocycles. The Morgan fingerprint density at radius 3 is 2.63 bits per heavy atom. The number of para-hydroxylation sites is 2. The molecule has 1 aliphatic rings. The quantitative estimate of drug-likeness (QED) is 0.692. The second kappa shape index (κ2) is 6.78. The zero-order valence-corrected chi connectivity index (χ0v) is 15.8. The molecular formula is C17H25N7O2S. The summed E-state index contributed by atoms with van der Waals surface area (Å²) in [6.45, 7) is 3.63. The number of nitrogens with two attached hydrogens (primary N) is 1. The van der Waals surface area contributed by atoms with Crippen molar-refractivity contribution in [3.63, 3.8) is 0 Å². The van der Waals surface area contributed by atoms with Gasteiger partial charge in [0.05, 0.1) is 23.0 Å². The summed E-state index contributed by atoms with van der Waals surface area (Å²) in [5.41, 5.74) is 8.25. The van der Waals surface area contributed by atoms with Gasteiger partial charge in [-0.2, -0.15) is 4.31 Å². The van der Waals surface area contributed by atoms with Gasteiger partial charge in [-0.1, -0.05) is 12.1 Å². The van der Waals surface area contributed by atoms with E-state index in [0.29, 0.717) is 49.3 Å². The Balaban J connectivity index is 0.00000150. The molecule has 0 unspecified atom stereocenters. The van der Waals surface area contributed by atoms with Crippen LogP contribution in [-0.2, 0) is 10.0 Å². The number of nitrogen functional groups attached to an aromatic ring is 1. The van der Waals surface area contributed by atoms with Gasteiger partial charge in [0.2, 0.25) is 10.0 Å². The maximum absolute atomic E-state index is 12.0. The Kier molecular flexibility index (Phi) is 4.44. The number of anilines is 2. The van der Waals surface area contributed by atoms with Gasteiger partial charge in [-0.05, 0) is 19.1 Å². The summed E-state index contributed by atoms with van der Waals surface area (Å²) >= 11 is 0. The summed E-state index contributed by atoms with van der Waals surface area (Å²) in [7, 11) is -3.16. The van der Waals surface area contributed by atoms with E-state index in [9.17, 15) is 8.42 Å². The standard InChI is InChI=1S/C17H21N7O2S.2H2/c1-2-27(25,26)24-9-7-23(8-10-24)14-11-19-16(18)15(22-14)17-20-12-5-3-4-6-13(12)21-17;;/h3-6,11H,2,7-10H2,1H3,(H2,18,19)(H,20,21);2*1H. The van der Waals surface area contributed by atoms with Gasteiger partial charge in [-0.25, -0.2) is 23.4 Å². The molecule has 3 N–H and O–H groups in total. The van der Waals surface area contributed by atoms with Crippen LogP contribution in [0.1, 0.15) is 9.78 Å². The first kappa shape index (κ1) is 17.7. The lowest BCUT2D eigenvalue weighted by Gasteiger charge is -2.34. The number of fused-ring (bicyclic) bond motifs is 1. The molecule has 0 saturated carbocycles. The molecule has 0 radical (unpaired) electrons. The fraction of sp³-hybridized carbons (Fsp3) is 0.353. The first-order chi connectivity index (χ1) is 13.0. The summed E-state index contributed by atoms with van der Waals surface area (Å²) in [4.78, 5) is 18.7. The van der Waals surface area contributed by atoms with Gasteiger partial charge in [0.25, 0.3) is 0 Å². The van der Waals surface area contributed by atoms with Crippen LogP contribution in [0.2, 0.25) is 0 Å². The lowest BCUT2D eigenvalue weighted by Crippen LogP contribution is -2.49. The number of aromatic amines is 1. The lowest BCUT2D eigenvalue weighted by molar-refractivity contribution is 0.384. The minimum atomic E-state index is -3.16. The van der Waals surface area contributed by atoms with Gasteiger partial charge in [0.1, 0.15) is 5.82 Å². The molecule has 1 fully saturated rings. The van der Waals surface area contributed by atoms with Crippen molar-refractivity contribution in [3.05, 3.63) is 30.5 Å². The number of hydrogen-bond donors (Lipinski definition) is 2. The van der Waals surface area contributed by atoms with Crippen molar-refractivity contribution in [1.82, 2.24) is 24.2 Å². The molecule has 146 valence electrons. The maximum atomic E-state index is 12.0. The average Bonchev–Trinajstić information content (AvgIpc) is 3.12. The fourth-order valence-corrected chi connectivity index (χ4v) is 4.24. The van der Waals surface area contributed by atoms with Gasteiger partial charge in [0, 0.05) is 29.0 Å². The van der Waals surface area contributed by atoms with Crippen LogP contribution in [0.3, 0.4) is 0 Å². The summed E-state index contributed by atoms with van der Waals surface area (Å²) in [6, 6.07) is 7.70. The molecule has 4 rings (SSSR count). The van der Waals surface area contributed by atoms with E-state index in [4.69, 9.17) is 5.73 Å². The molecule has 10 heteroatoms. The van der Waals surface area contributed by atoms with Crippen molar-refractivity contribution in [1.29, 1.82) is 0 Å². The predicted molar refractivity (Wildman–Crippen MR) is 109 cm³/mol. The van der Waals surface area contributed by atoms with Crippen LogP contribution in [0.25, 0.3) is 22.6 Å². The van der Waals surface area contributed by atoms with Gasteiger partial charge in [-0.15, -0.1) is 0 Å². The second-order valence-corrected chi connectivity index (χ2v) is 8.61. The molecule has 27 heavy (non-hydrogen) atoms. The summed E-state index contributed by atoms with van der Waals surface area (Å²) < 4.78 is 25.6. The van der Waals surface area contributed by atoms with E-state index in [0.717, 1.165) is 11.0 Å². The highest BCUT2D eigenvalue weighted by Gasteiger charge is 2.26. The molecule has 0 aliphatic carbocycles. The van der Waals surface area contributed by atoms with Gasteiger partial charge in [0.15, 0.2) is 17.3 Å². The Morgan fingerprint density at radius 1 is 1.19 bits per heavy atom. The molecule has 1 saturated heterocycles. The number of sulfonamides is 1. The Hall–Kier alpha value is -2.72. The van der Waals surface area contributed by atoms with Crippen LogP contribution in [0.5, 0.6) is 0 Å². The number of hydrogen-bond acceptors (Lipinski definition) is 7. The van der Waals surface area contributed by atoms with Crippen molar-refractivity contribution in [2.24, 2.45) is 0 Å². The molecule has 9 nitrogen and oxygen atoms in total. The normalized spacial score (nSPS) is 16.1. The number of nitrogens with one attached hydrogen (secondary N) is 1. The first-order valence-corrected chi connectivity index (χ1v) is 10.4. The highest BCUT2D eigenvalue weighted by molar-refractivity contribution is 7.89. The number of rotatable bonds is 4. The third-order valence-corrected chi connectivity index (χ3v) is 6.60. The maximum Gasteiger partial charge on any atom is 0.213 e. The molecule has 0 amide bonds. The average molecular weight is 392 g/mol. The molecule has 0 bridgehead atoms. The molecule has 2 aromatic heterocycles. The van der Waals surface area contributed by atoms with Crippen LogP contribution in [0.4, 0.5) is 11.6 Å². The zero-order chi connectivity index (χ0) is 19.0. The van der Waals surface area contributed by atoms with E-state index in [2.05, 4.69) is 19.9 Å². The Labute approximate surface area is 160 Å². The van der Waals surface area contributed by atoms with Crippen molar-refractivity contribution >= 4 is 32.7 Å². The highest BCUT2D eigenvalue weighted by Crippen LogP contribution is 2.25. The Bertz CT molecular complexity index is 1050. The predicted octanol–water partition coefficient (Wildman–Crippen LogP) is 1.57. The van der Waals surface area contributed by atoms with Crippen LogP contribution in [-0.4, -0.2) is 64.6 Å². The van der Waals surface area contributed by atoms with Crippen molar-refractivity contribution in [2.75, 3.05) is 42.6 Å². The molecule has 3 aromatic rings. The number of aromatic nitrogens is 4. The van der Waals surface area contributed by atoms with E-state index < -0.39 is 10.0 Å². The molecule has 0 atom stereocenters. The van der Waals surface area contributed by atoms with Crippen LogP contribution in [0, 0.1) is 0 Å². The smallest absolute Gasteiger partial charge is 0.213 e. The third kappa shape index (κ3) is 3.33. The first-order valence-electron chi connectivity index (χ1n) is 8.78. The summed E-state index contributed by atoms with van der Waals surface area (Å²) in [6.07, 6.45) is 1.62. The molecule has 3 heterocycles. The van der Waals surface area contributed by atoms with E-state index >= 15 is 0 Å². The van der Waals surface area contributed by atoms with Crippen LogP contribution >= 0.6 is 0 Å². The Morgan fingerprint density at radius 2 is 1.93 bits per heavy atom. The van der Waals surface area contributed by atoms with Crippen LogP contribution in [0.15, 0.2) is 30.5 Å². The minimum absolute atomic E-state index is 0. The van der Waals surface area contributed by atoms with E-state index in [1.54, 1.807) is 13.1 Å². The van der Waals surface area contributed by atoms with E-state index in [1.807, 2.05) is 29.2 Å². The SMILES string of the molecule is CCS(=O)(=O)N1CCN(c2cnc(N)c(-c3nc4ccccc4[nH]3)n2)CC1.[HH].[HH]. The lowest BCUT2D eigenvalue weighted by atomic mass is 10.3. The highest BCUT2D eigenvalue weighted by atomic mass is 32.2. The third-order valence-electron chi connectivity index (χ3n) is 4.72. The van der Waals surface area contributed by atoms with E-state index in [1.165, 1.54) is 4.31 Å². The van der Waals surface area contributed by atoms with Crippen molar-refractivity contribution in [2.45, 2.75) is 6.92 Å². The molecular weight excluding hydrogens is 366 g/mol.